The van der Waals surface area contributed by atoms with Crippen LogP contribution in [-0.4, -0.2) is 104 Å². The van der Waals surface area contributed by atoms with E-state index in [9.17, 15) is 4.79 Å². The van der Waals surface area contributed by atoms with Gasteiger partial charge in [-0.3, -0.25) is 14.6 Å². The summed E-state index contributed by atoms with van der Waals surface area (Å²) in [7, 11) is 0. The number of fused-ring (bicyclic) bond motifs is 1. The molecular formula is C26H39N5O3S. The standard InChI is InChI=1S/C26H39N5O3S/c1-21-5-2-6-22-19-23(25(32)28-24(21)22)20-31(10-4-9-30-13-17-34-18-14-30)26(35)27-7-3-8-29-11-15-33-16-12-29/h2,5-6,19H,3-4,7-18,20H2,1H3,(H,27,35)(H,28,32). The number of para-hydroxylation sites is 1. The van der Waals surface area contributed by atoms with Crippen molar-refractivity contribution in [2.24, 2.45) is 0 Å². The second kappa shape index (κ2) is 13.3. The summed E-state index contributed by atoms with van der Waals surface area (Å²) in [5.74, 6) is 0. The van der Waals surface area contributed by atoms with Crippen LogP contribution in [0.4, 0.5) is 0 Å². The number of aromatic amines is 1. The Morgan fingerprint density at radius 2 is 1.71 bits per heavy atom. The monoisotopic (exact) mass is 501 g/mol. The van der Waals surface area contributed by atoms with E-state index in [1.165, 1.54) is 0 Å². The number of pyridine rings is 1. The molecule has 8 nitrogen and oxygen atoms in total. The quantitative estimate of drug-likeness (QED) is 0.378. The third-order valence-electron chi connectivity index (χ3n) is 6.85. The second-order valence-electron chi connectivity index (χ2n) is 9.43. The molecule has 0 aliphatic carbocycles. The van der Waals surface area contributed by atoms with Crippen LogP contribution in [0.3, 0.4) is 0 Å². The largest absolute Gasteiger partial charge is 0.379 e. The molecule has 2 N–H and O–H groups in total. The Bertz CT molecular complexity index is 1020. The van der Waals surface area contributed by atoms with Crippen LogP contribution in [0.5, 0.6) is 0 Å². The van der Waals surface area contributed by atoms with E-state index < -0.39 is 0 Å². The number of H-pyrrole nitrogens is 1. The van der Waals surface area contributed by atoms with E-state index in [0.717, 1.165) is 119 Å². The molecule has 3 heterocycles. The molecule has 0 radical (unpaired) electrons. The Labute approximate surface area is 213 Å². The smallest absolute Gasteiger partial charge is 0.253 e. The van der Waals surface area contributed by atoms with E-state index in [1.54, 1.807) is 0 Å². The summed E-state index contributed by atoms with van der Waals surface area (Å²) in [5.41, 5.74) is 2.68. The number of hydrogen-bond acceptors (Lipinski definition) is 6. The van der Waals surface area contributed by atoms with Crippen LogP contribution >= 0.6 is 12.2 Å². The molecule has 0 spiro atoms. The van der Waals surface area contributed by atoms with Gasteiger partial charge in [0.25, 0.3) is 5.56 Å². The topological polar surface area (TPSA) is 73.1 Å². The van der Waals surface area contributed by atoms with Gasteiger partial charge in [0.1, 0.15) is 0 Å². The summed E-state index contributed by atoms with van der Waals surface area (Å²) in [6.07, 6.45) is 2.01. The molecule has 0 bridgehead atoms. The molecule has 2 aliphatic rings. The number of rotatable bonds is 10. The molecule has 2 aliphatic heterocycles. The van der Waals surface area contributed by atoms with Crippen molar-refractivity contribution in [3.8, 4) is 0 Å². The van der Waals surface area contributed by atoms with Crippen molar-refractivity contribution < 1.29 is 9.47 Å². The van der Waals surface area contributed by atoms with Crippen LogP contribution in [-0.2, 0) is 16.0 Å². The van der Waals surface area contributed by atoms with E-state index in [2.05, 4.69) is 25.0 Å². The molecule has 192 valence electrons. The number of benzene rings is 1. The normalized spacial score (nSPS) is 17.5. The zero-order chi connectivity index (χ0) is 24.5. The van der Waals surface area contributed by atoms with Crippen molar-refractivity contribution >= 4 is 28.2 Å². The minimum Gasteiger partial charge on any atom is -0.379 e. The van der Waals surface area contributed by atoms with Gasteiger partial charge in [-0.2, -0.15) is 0 Å². The van der Waals surface area contributed by atoms with Crippen molar-refractivity contribution in [2.75, 3.05) is 78.8 Å². The zero-order valence-corrected chi connectivity index (χ0v) is 21.7. The number of morpholine rings is 2. The molecule has 2 saturated heterocycles. The highest BCUT2D eigenvalue weighted by atomic mass is 32.1. The van der Waals surface area contributed by atoms with E-state index in [1.807, 2.05) is 31.2 Å². The Kier molecular flexibility index (Phi) is 9.91. The molecule has 4 rings (SSSR count). The van der Waals surface area contributed by atoms with Gasteiger partial charge in [-0.05, 0) is 55.5 Å². The van der Waals surface area contributed by atoms with Crippen LogP contribution in [0.1, 0.15) is 24.0 Å². The Morgan fingerprint density at radius 3 is 2.40 bits per heavy atom. The van der Waals surface area contributed by atoms with Gasteiger partial charge < -0.3 is 24.7 Å². The van der Waals surface area contributed by atoms with Gasteiger partial charge >= 0.3 is 0 Å². The first-order chi connectivity index (χ1) is 17.1. The molecule has 0 unspecified atom stereocenters. The summed E-state index contributed by atoms with van der Waals surface area (Å²) in [6.45, 7) is 13.4. The molecule has 0 amide bonds. The first-order valence-electron chi connectivity index (χ1n) is 12.8. The molecule has 1 aromatic carbocycles. The maximum atomic E-state index is 12.9. The van der Waals surface area contributed by atoms with E-state index in [-0.39, 0.29) is 5.56 Å². The number of thiocarbonyl (C=S) groups is 1. The number of nitrogens with one attached hydrogen (secondary N) is 2. The van der Waals surface area contributed by atoms with E-state index in [4.69, 9.17) is 21.7 Å². The Morgan fingerprint density at radius 1 is 1.06 bits per heavy atom. The summed E-state index contributed by atoms with van der Waals surface area (Å²) in [5, 5.41) is 5.22. The first-order valence-corrected chi connectivity index (χ1v) is 13.3. The average Bonchev–Trinajstić information content (AvgIpc) is 2.88. The van der Waals surface area contributed by atoms with Crippen LogP contribution in [0.25, 0.3) is 10.9 Å². The fourth-order valence-electron chi connectivity index (χ4n) is 4.75. The lowest BCUT2D eigenvalue weighted by atomic mass is 10.1. The summed E-state index contributed by atoms with van der Waals surface area (Å²) >= 11 is 5.81. The van der Waals surface area contributed by atoms with Crippen LogP contribution < -0.4 is 10.9 Å². The van der Waals surface area contributed by atoms with Gasteiger partial charge in [0.2, 0.25) is 0 Å². The van der Waals surface area contributed by atoms with Gasteiger partial charge in [-0.25, -0.2) is 0 Å². The summed E-state index contributed by atoms with van der Waals surface area (Å²) in [4.78, 5) is 23.0. The lowest BCUT2D eigenvalue weighted by Gasteiger charge is -2.30. The molecule has 2 aromatic rings. The molecule has 1 aromatic heterocycles. The minimum absolute atomic E-state index is 0.0416. The van der Waals surface area contributed by atoms with E-state index >= 15 is 0 Å². The van der Waals surface area contributed by atoms with Crippen LogP contribution in [0, 0.1) is 6.92 Å². The highest BCUT2D eigenvalue weighted by molar-refractivity contribution is 7.80. The molecule has 0 saturated carbocycles. The van der Waals surface area contributed by atoms with Crippen molar-refractivity contribution in [3.63, 3.8) is 0 Å². The van der Waals surface area contributed by atoms with Crippen molar-refractivity contribution in [2.45, 2.75) is 26.3 Å². The molecule has 35 heavy (non-hydrogen) atoms. The maximum Gasteiger partial charge on any atom is 0.253 e. The lowest BCUT2D eigenvalue weighted by molar-refractivity contribution is 0.0367. The van der Waals surface area contributed by atoms with Gasteiger partial charge in [-0.1, -0.05) is 18.2 Å². The minimum atomic E-state index is -0.0416. The van der Waals surface area contributed by atoms with Gasteiger partial charge in [-0.15, -0.1) is 0 Å². The van der Waals surface area contributed by atoms with Crippen molar-refractivity contribution in [1.82, 2.24) is 25.0 Å². The van der Waals surface area contributed by atoms with Gasteiger partial charge in [0.15, 0.2) is 5.11 Å². The molecule has 9 heteroatoms. The highest BCUT2D eigenvalue weighted by Crippen LogP contribution is 2.16. The van der Waals surface area contributed by atoms with Gasteiger partial charge in [0, 0.05) is 51.4 Å². The number of aromatic nitrogens is 1. The summed E-state index contributed by atoms with van der Waals surface area (Å²) < 4.78 is 10.9. The number of ether oxygens (including phenoxy) is 2. The Hall–Kier alpha value is -2.04. The SMILES string of the molecule is Cc1cccc2cc(CN(CCCN3CCOCC3)C(=S)NCCCN3CCOCC3)c(=O)[nH]c12. The number of nitrogens with zero attached hydrogens (tertiary/aromatic N) is 3. The number of aryl methyl sites for hydroxylation is 1. The van der Waals surface area contributed by atoms with E-state index in [0.29, 0.717) is 6.54 Å². The predicted octanol–water partition coefficient (Wildman–Crippen LogP) is 1.96. The molecule has 0 atom stereocenters. The average molecular weight is 502 g/mol. The fourth-order valence-corrected chi connectivity index (χ4v) is 5.01. The van der Waals surface area contributed by atoms with Crippen molar-refractivity contribution in [1.29, 1.82) is 0 Å². The summed E-state index contributed by atoms with van der Waals surface area (Å²) in [6, 6.07) is 8.11. The highest BCUT2D eigenvalue weighted by Gasteiger charge is 2.16. The fraction of sp³-hybridized carbons (Fsp3) is 0.615. The van der Waals surface area contributed by atoms with Crippen LogP contribution in [0.2, 0.25) is 0 Å². The maximum absolute atomic E-state index is 12.9. The lowest BCUT2D eigenvalue weighted by Crippen LogP contribution is -2.43. The Balaban J connectivity index is 1.37. The first kappa shape index (κ1) is 26.0. The number of hydrogen-bond donors (Lipinski definition) is 2. The molecular weight excluding hydrogens is 462 g/mol. The predicted molar refractivity (Wildman–Crippen MR) is 144 cm³/mol. The second-order valence-corrected chi connectivity index (χ2v) is 9.82. The van der Waals surface area contributed by atoms with Crippen LogP contribution in [0.15, 0.2) is 29.1 Å². The molecule has 2 fully saturated rings. The van der Waals surface area contributed by atoms with Crippen molar-refractivity contribution in [3.05, 3.63) is 45.7 Å². The van der Waals surface area contributed by atoms with Gasteiger partial charge in [0.05, 0.1) is 38.5 Å². The third kappa shape index (κ3) is 7.72. The third-order valence-corrected chi connectivity index (χ3v) is 7.25. The zero-order valence-electron chi connectivity index (χ0n) is 20.9.